The lowest BCUT2D eigenvalue weighted by Crippen LogP contribution is -2.74. The Hall–Kier alpha value is -0.800. The van der Waals surface area contributed by atoms with Crippen LogP contribution in [0.2, 0.25) is 0 Å². The van der Waals surface area contributed by atoms with Crippen LogP contribution in [0.5, 0.6) is 0 Å². The van der Waals surface area contributed by atoms with Crippen LogP contribution in [0.1, 0.15) is 105 Å². The van der Waals surface area contributed by atoms with Crippen molar-refractivity contribution in [1.82, 2.24) is 5.16 Å². The highest BCUT2D eigenvalue weighted by Gasteiger charge is 2.78. The maximum absolute atomic E-state index is 10.0. The lowest BCUT2D eigenvalue weighted by atomic mass is 9.32. The molecule has 5 aliphatic carbocycles. The fraction of sp³-hybridized carbons (Fsp3) is 0.818. The summed E-state index contributed by atoms with van der Waals surface area (Å²) in [6, 6.07) is -0.220. The maximum atomic E-state index is 10.0. The van der Waals surface area contributed by atoms with Crippen molar-refractivity contribution in [2.45, 2.75) is 123 Å². The van der Waals surface area contributed by atoms with Crippen LogP contribution in [0.25, 0.3) is 0 Å². The molecule has 0 amide bonds. The summed E-state index contributed by atoms with van der Waals surface area (Å²) in [4.78, 5) is 0. The summed E-state index contributed by atoms with van der Waals surface area (Å²) < 4.78 is 20.5. The number of nitrogens with zero attached hydrogens (tertiary/aromatic N) is 2. The molecule has 6 nitrogen and oxygen atoms in total. The first kappa shape index (κ1) is 28.9. The lowest BCUT2D eigenvalue weighted by molar-refractivity contribution is -0.254. The molecule has 1 aromatic heterocycles. The second-order valence-electron chi connectivity index (χ2n) is 16.7. The summed E-state index contributed by atoms with van der Waals surface area (Å²) in [5.74, 6) is 1.76. The molecule has 2 heterocycles. The number of rotatable bonds is 2. The Labute approximate surface area is 249 Å². The average Bonchev–Trinajstić information content (AvgIpc) is 3.51. The van der Waals surface area contributed by atoms with Crippen LogP contribution in [0, 0.1) is 38.9 Å². The summed E-state index contributed by atoms with van der Waals surface area (Å²) in [6.45, 7) is 19.5. The molecular weight excluding hydrogens is 550 g/mol. The molecule has 3 unspecified atom stereocenters. The van der Waals surface area contributed by atoms with E-state index in [1.54, 1.807) is 5.57 Å². The SMILES string of the molecule is CP(P)C1O[C@@H]2C=C3[C@@]4(C)Cc5cnoc5C(C)(C)[C@@H]4CC[C@@]3(C)[C@]3(C)CC[C@@]4(/C=N\O)CCC(C)(C)C[C@H]4[C@@]23O1. The minimum absolute atomic E-state index is 0.0173. The second kappa shape index (κ2) is 8.68. The molecule has 1 N–H and O–H groups in total. The van der Waals surface area contributed by atoms with Crippen LogP contribution in [0.4, 0.5) is 0 Å². The predicted molar refractivity (Wildman–Crippen MR) is 166 cm³/mol. The van der Waals surface area contributed by atoms with Crippen LogP contribution in [-0.4, -0.2) is 41.0 Å². The summed E-state index contributed by atoms with van der Waals surface area (Å²) >= 11 is 0. The Bertz CT molecular complexity index is 1320. The third-order valence-corrected chi connectivity index (χ3v) is 15.5. The number of allylic oxidation sites excluding steroid dienone is 1. The van der Waals surface area contributed by atoms with E-state index in [1.807, 2.05) is 12.4 Å². The zero-order valence-corrected chi connectivity index (χ0v) is 28.3. The normalized spacial score (nSPS) is 50.0. The Morgan fingerprint density at radius 3 is 2.49 bits per heavy atom. The first-order valence-corrected chi connectivity index (χ1v) is 19.2. The van der Waals surface area contributed by atoms with Crippen LogP contribution >= 0.6 is 16.5 Å². The predicted octanol–water partition coefficient (Wildman–Crippen LogP) is 8.28. The standard InChI is InChI=1S/C33H50N2O4P2/c1-27(2)11-13-32(19-34-36)14-12-31(7)30(6)10-9-21-28(3,4)25-20(18-35-39-25)16-29(21,5)22(30)15-24-33(31,23(32)17-27)38-26(37-24)41(8)40/h15,18-19,21,23-24,26,36H,9-14,16-17,40H2,1-8H3/b34-19-/t21-,23+,24+,26?,29-,30+,31-,32+,33+,41?/m0/s1. The van der Waals surface area contributed by atoms with Gasteiger partial charge < -0.3 is 19.2 Å². The highest BCUT2D eigenvalue weighted by atomic mass is 32.0. The summed E-state index contributed by atoms with van der Waals surface area (Å²) in [7, 11) is 2.47. The number of fused-ring (bicyclic) bond motifs is 6. The molecule has 0 bridgehead atoms. The van der Waals surface area contributed by atoms with Crippen molar-refractivity contribution in [2.24, 2.45) is 44.1 Å². The molecule has 11 atom stereocenters. The van der Waals surface area contributed by atoms with Crippen molar-refractivity contribution in [2.75, 3.05) is 6.66 Å². The topological polar surface area (TPSA) is 77.1 Å². The van der Waals surface area contributed by atoms with Gasteiger partial charge in [0.05, 0.1) is 12.4 Å². The van der Waals surface area contributed by atoms with Gasteiger partial charge in [-0.2, -0.15) is 0 Å². The molecule has 8 heteroatoms. The van der Waals surface area contributed by atoms with Crippen molar-refractivity contribution in [3.05, 3.63) is 29.2 Å². The highest BCUT2D eigenvalue weighted by molar-refractivity contribution is 8.13. The molecule has 1 aliphatic heterocycles. The lowest BCUT2D eigenvalue weighted by Gasteiger charge is -2.73. The van der Waals surface area contributed by atoms with Crippen molar-refractivity contribution in [1.29, 1.82) is 0 Å². The van der Waals surface area contributed by atoms with Gasteiger partial charge in [0, 0.05) is 27.7 Å². The average molecular weight is 601 g/mol. The van der Waals surface area contributed by atoms with Crippen LogP contribution in [0.3, 0.4) is 0 Å². The maximum Gasteiger partial charge on any atom is 0.180 e. The van der Waals surface area contributed by atoms with E-state index in [4.69, 9.17) is 14.0 Å². The van der Waals surface area contributed by atoms with Gasteiger partial charge in [-0.1, -0.05) is 65.3 Å². The van der Waals surface area contributed by atoms with Gasteiger partial charge in [-0.3, -0.25) is 0 Å². The Balaban J connectivity index is 1.46. The third-order valence-electron chi connectivity index (χ3n) is 13.9. The smallest absolute Gasteiger partial charge is 0.180 e. The molecular formula is C33H50N2O4P2. The van der Waals surface area contributed by atoms with E-state index in [2.05, 4.69) is 80.4 Å². The molecule has 1 spiro atoms. The Kier molecular flexibility index (Phi) is 6.12. The molecule has 226 valence electrons. The van der Waals surface area contributed by atoms with E-state index in [0.717, 1.165) is 57.1 Å². The van der Waals surface area contributed by atoms with E-state index in [0.29, 0.717) is 5.92 Å². The molecule has 1 aromatic rings. The van der Waals surface area contributed by atoms with Gasteiger partial charge in [0.15, 0.2) is 6.03 Å². The minimum atomic E-state index is -0.542. The van der Waals surface area contributed by atoms with Crippen LogP contribution in [0.15, 0.2) is 27.5 Å². The van der Waals surface area contributed by atoms with Gasteiger partial charge in [0.25, 0.3) is 0 Å². The zero-order chi connectivity index (χ0) is 29.4. The number of hydrogen-bond donors (Lipinski definition) is 1. The molecule has 0 radical (unpaired) electrons. The summed E-state index contributed by atoms with van der Waals surface area (Å²) in [6.07, 6.45) is 14.9. The highest BCUT2D eigenvalue weighted by Crippen LogP contribution is 2.79. The third kappa shape index (κ3) is 3.41. The fourth-order valence-electron chi connectivity index (χ4n) is 11.8. The van der Waals surface area contributed by atoms with Crippen LogP contribution in [-0.2, 0) is 21.3 Å². The van der Waals surface area contributed by atoms with Gasteiger partial charge in [0.2, 0.25) is 0 Å². The minimum Gasteiger partial charge on any atom is -0.411 e. The Morgan fingerprint density at radius 2 is 1.78 bits per heavy atom. The number of hydrogen-bond acceptors (Lipinski definition) is 6. The fourth-order valence-corrected chi connectivity index (χ4v) is 12.8. The van der Waals surface area contributed by atoms with E-state index < -0.39 is 13.2 Å². The van der Waals surface area contributed by atoms with Gasteiger partial charge in [-0.25, -0.2) is 0 Å². The van der Waals surface area contributed by atoms with E-state index in [1.165, 1.54) is 5.56 Å². The molecule has 4 fully saturated rings. The Morgan fingerprint density at radius 1 is 1.05 bits per heavy atom. The van der Waals surface area contributed by atoms with Crippen molar-refractivity contribution in [3.63, 3.8) is 0 Å². The van der Waals surface area contributed by atoms with E-state index >= 15 is 0 Å². The molecule has 6 aliphatic rings. The van der Waals surface area contributed by atoms with Gasteiger partial charge >= 0.3 is 0 Å². The quantitative estimate of drug-likeness (QED) is 0.122. The van der Waals surface area contributed by atoms with Crippen molar-refractivity contribution >= 4 is 22.8 Å². The largest absolute Gasteiger partial charge is 0.411 e. The molecule has 7 rings (SSSR count). The summed E-state index contributed by atoms with van der Waals surface area (Å²) in [5.41, 5.74) is 2.11. The van der Waals surface area contributed by atoms with E-state index in [-0.39, 0.29) is 50.5 Å². The summed E-state index contributed by atoms with van der Waals surface area (Å²) in [5, 5.41) is 18.0. The number of ether oxygens (including phenoxy) is 2. The first-order valence-electron chi connectivity index (χ1n) is 15.8. The van der Waals surface area contributed by atoms with Gasteiger partial charge in [0.1, 0.15) is 17.5 Å². The second-order valence-corrected chi connectivity index (χ2v) is 20.9. The molecule has 0 aromatic carbocycles. The van der Waals surface area contributed by atoms with Gasteiger partial charge in [-0.15, -0.1) is 14.1 Å². The monoisotopic (exact) mass is 600 g/mol. The van der Waals surface area contributed by atoms with Crippen LogP contribution < -0.4 is 0 Å². The molecule has 41 heavy (non-hydrogen) atoms. The molecule has 3 saturated carbocycles. The van der Waals surface area contributed by atoms with Gasteiger partial charge in [-0.05, 0) is 87.8 Å². The first-order chi connectivity index (χ1) is 19.1. The van der Waals surface area contributed by atoms with Crippen molar-refractivity contribution < 1.29 is 19.2 Å². The van der Waals surface area contributed by atoms with E-state index in [9.17, 15) is 5.21 Å². The van der Waals surface area contributed by atoms with Crippen molar-refractivity contribution in [3.8, 4) is 0 Å². The zero-order valence-electron chi connectivity index (χ0n) is 26.3. The number of oxime groups is 1. The number of aromatic nitrogens is 1. The molecule has 1 saturated heterocycles.